The topological polar surface area (TPSA) is 44.8 Å². The summed E-state index contributed by atoms with van der Waals surface area (Å²) < 4.78 is 4.89. The second kappa shape index (κ2) is 9.32. The van der Waals surface area contributed by atoms with Crippen molar-refractivity contribution in [2.24, 2.45) is 0 Å². The molecule has 0 amide bonds. The molecule has 0 aromatic carbocycles. The van der Waals surface area contributed by atoms with Crippen molar-refractivity contribution in [3.05, 3.63) is 0 Å². The van der Waals surface area contributed by atoms with Gasteiger partial charge < -0.3 is 15.0 Å². The molecule has 0 aromatic heterocycles. The summed E-state index contributed by atoms with van der Waals surface area (Å²) >= 11 is 0. The first-order valence-corrected chi connectivity index (χ1v) is 7.82. The maximum Gasteiger partial charge on any atom is 0.322 e. The molecule has 1 aliphatic rings. The van der Waals surface area contributed by atoms with Crippen molar-refractivity contribution in [3.63, 3.8) is 0 Å². The van der Waals surface area contributed by atoms with E-state index in [0.29, 0.717) is 6.04 Å². The first-order chi connectivity index (χ1) is 9.58. The van der Waals surface area contributed by atoms with Gasteiger partial charge in [0.1, 0.15) is 6.04 Å². The lowest BCUT2D eigenvalue weighted by Crippen LogP contribution is -2.44. The summed E-state index contributed by atoms with van der Waals surface area (Å²) in [6, 6.07) is 0.375. The van der Waals surface area contributed by atoms with Crippen LogP contribution >= 0.6 is 0 Å². The Labute approximate surface area is 123 Å². The predicted octanol–water partition coefficient (Wildman–Crippen LogP) is 0.944. The van der Waals surface area contributed by atoms with Gasteiger partial charge in [0.15, 0.2) is 0 Å². The summed E-state index contributed by atoms with van der Waals surface area (Å²) in [5.74, 6) is -0.141. The quantitative estimate of drug-likeness (QED) is 0.706. The molecular formula is C15H31N3O2. The van der Waals surface area contributed by atoms with Crippen LogP contribution in [-0.4, -0.2) is 74.7 Å². The number of hydrogen-bond donors (Lipinski definition) is 1. The maximum atomic E-state index is 11.8. The highest BCUT2D eigenvalue weighted by Crippen LogP contribution is 2.10. The standard InChI is InChI=1S/C15H31N3O2/c1-5-8-16-14(15(19)20-4)7-11-18-10-6-9-17(3)12-13(18)2/h13-14,16H,5-12H2,1-4H3. The highest BCUT2D eigenvalue weighted by atomic mass is 16.5. The monoisotopic (exact) mass is 285 g/mol. The van der Waals surface area contributed by atoms with Gasteiger partial charge in [-0.2, -0.15) is 0 Å². The van der Waals surface area contributed by atoms with Gasteiger partial charge in [0.2, 0.25) is 0 Å². The Bertz CT molecular complexity index is 286. The zero-order chi connectivity index (χ0) is 15.0. The Hall–Kier alpha value is -0.650. The molecule has 1 aliphatic heterocycles. The summed E-state index contributed by atoms with van der Waals surface area (Å²) in [4.78, 5) is 16.7. The first-order valence-electron chi connectivity index (χ1n) is 7.82. The van der Waals surface area contributed by atoms with Gasteiger partial charge >= 0.3 is 5.97 Å². The Balaban J connectivity index is 2.46. The van der Waals surface area contributed by atoms with Crippen LogP contribution in [0.1, 0.15) is 33.1 Å². The fourth-order valence-corrected chi connectivity index (χ4v) is 2.81. The van der Waals surface area contributed by atoms with Crippen LogP contribution in [0.2, 0.25) is 0 Å². The van der Waals surface area contributed by atoms with Crippen LogP contribution in [0, 0.1) is 0 Å². The molecule has 1 N–H and O–H groups in total. The Morgan fingerprint density at radius 1 is 1.45 bits per heavy atom. The van der Waals surface area contributed by atoms with E-state index in [1.807, 2.05) is 0 Å². The summed E-state index contributed by atoms with van der Waals surface area (Å²) in [6.45, 7) is 9.57. The minimum atomic E-state index is -0.173. The number of nitrogens with zero attached hydrogens (tertiary/aromatic N) is 2. The number of rotatable bonds is 7. The largest absolute Gasteiger partial charge is 0.468 e. The van der Waals surface area contributed by atoms with Crippen molar-refractivity contribution in [1.29, 1.82) is 0 Å². The van der Waals surface area contributed by atoms with Crippen molar-refractivity contribution < 1.29 is 9.53 Å². The van der Waals surface area contributed by atoms with Crippen molar-refractivity contribution in [3.8, 4) is 0 Å². The fourth-order valence-electron chi connectivity index (χ4n) is 2.81. The van der Waals surface area contributed by atoms with Gasteiger partial charge in [-0.05, 0) is 52.9 Å². The number of likely N-dealkylation sites (N-methyl/N-ethyl adjacent to an activating group) is 1. The number of carbonyl (C=O) groups is 1. The van der Waals surface area contributed by atoms with E-state index in [0.717, 1.165) is 45.6 Å². The number of methoxy groups -OCH3 is 1. The molecule has 0 radical (unpaired) electrons. The minimum absolute atomic E-state index is 0.141. The molecule has 5 heteroatoms. The molecule has 1 heterocycles. The molecule has 0 bridgehead atoms. The molecule has 1 saturated heterocycles. The third kappa shape index (κ3) is 5.77. The van der Waals surface area contributed by atoms with E-state index in [9.17, 15) is 4.79 Å². The average molecular weight is 285 g/mol. The maximum absolute atomic E-state index is 11.8. The molecule has 0 saturated carbocycles. The van der Waals surface area contributed by atoms with Gasteiger partial charge in [-0.3, -0.25) is 9.69 Å². The van der Waals surface area contributed by atoms with Crippen LogP contribution in [0.4, 0.5) is 0 Å². The zero-order valence-corrected chi connectivity index (χ0v) is 13.5. The lowest BCUT2D eigenvalue weighted by Gasteiger charge is -2.29. The second-order valence-corrected chi connectivity index (χ2v) is 5.82. The van der Waals surface area contributed by atoms with Gasteiger partial charge in [0.05, 0.1) is 7.11 Å². The Morgan fingerprint density at radius 2 is 2.20 bits per heavy atom. The molecule has 20 heavy (non-hydrogen) atoms. The van der Waals surface area contributed by atoms with Crippen molar-refractivity contribution in [2.75, 3.05) is 46.9 Å². The molecule has 2 unspecified atom stereocenters. The summed E-state index contributed by atoms with van der Waals surface area (Å²) in [7, 11) is 3.65. The molecule has 1 rings (SSSR count). The summed E-state index contributed by atoms with van der Waals surface area (Å²) in [5, 5.41) is 3.29. The van der Waals surface area contributed by atoms with Crippen molar-refractivity contribution in [2.45, 2.75) is 45.2 Å². The summed E-state index contributed by atoms with van der Waals surface area (Å²) in [5.41, 5.74) is 0. The first kappa shape index (κ1) is 17.4. The molecule has 0 aromatic rings. The number of carbonyl (C=O) groups excluding carboxylic acids is 1. The van der Waals surface area contributed by atoms with E-state index in [1.165, 1.54) is 13.5 Å². The molecular weight excluding hydrogens is 254 g/mol. The molecule has 1 fully saturated rings. The predicted molar refractivity (Wildman–Crippen MR) is 81.9 cm³/mol. The average Bonchev–Trinajstić information content (AvgIpc) is 2.59. The van der Waals surface area contributed by atoms with E-state index in [2.05, 4.69) is 36.0 Å². The van der Waals surface area contributed by atoms with Gasteiger partial charge in [-0.15, -0.1) is 0 Å². The van der Waals surface area contributed by atoms with Crippen molar-refractivity contribution in [1.82, 2.24) is 15.1 Å². The van der Waals surface area contributed by atoms with Crippen LogP contribution in [0.15, 0.2) is 0 Å². The van der Waals surface area contributed by atoms with E-state index >= 15 is 0 Å². The van der Waals surface area contributed by atoms with Crippen LogP contribution < -0.4 is 5.32 Å². The van der Waals surface area contributed by atoms with E-state index < -0.39 is 0 Å². The number of esters is 1. The Kier molecular flexibility index (Phi) is 8.11. The van der Waals surface area contributed by atoms with E-state index in [1.54, 1.807) is 0 Å². The van der Waals surface area contributed by atoms with Gasteiger partial charge in [-0.25, -0.2) is 0 Å². The lowest BCUT2D eigenvalue weighted by molar-refractivity contribution is -0.143. The zero-order valence-electron chi connectivity index (χ0n) is 13.5. The van der Waals surface area contributed by atoms with Crippen LogP contribution in [0.25, 0.3) is 0 Å². The van der Waals surface area contributed by atoms with Gasteiger partial charge in [0, 0.05) is 19.1 Å². The van der Waals surface area contributed by atoms with Crippen LogP contribution in [-0.2, 0) is 9.53 Å². The molecule has 0 aliphatic carbocycles. The normalized spacial score (nSPS) is 23.3. The lowest BCUT2D eigenvalue weighted by atomic mass is 10.1. The second-order valence-electron chi connectivity index (χ2n) is 5.82. The SMILES string of the molecule is CCCNC(CCN1CCCN(C)CC1C)C(=O)OC. The number of nitrogens with one attached hydrogen (secondary N) is 1. The Morgan fingerprint density at radius 3 is 2.85 bits per heavy atom. The van der Waals surface area contributed by atoms with E-state index in [-0.39, 0.29) is 12.0 Å². The van der Waals surface area contributed by atoms with Gasteiger partial charge in [-0.1, -0.05) is 6.92 Å². The molecule has 0 spiro atoms. The third-order valence-corrected chi connectivity index (χ3v) is 4.02. The summed E-state index contributed by atoms with van der Waals surface area (Å²) in [6.07, 6.45) is 3.05. The number of ether oxygens (including phenoxy) is 1. The van der Waals surface area contributed by atoms with E-state index in [4.69, 9.17) is 4.74 Å². The smallest absolute Gasteiger partial charge is 0.322 e. The highest BCUT2D eigenvalue weighted by Gasteiger charge is 2.23. The van der Waals surface area contributed by atoms with Crippen molar-refractivity contribution >= 4 is 5.97 Å². The molecule has 2 atom stereocenters. The molecule has 118 valence electrons. The number of hydrogen-bond acceptors (Lipinski definition) is 5. The van der Waals surface area contributed by atoms with Gasteiger partial charge in [0.25, 0.3) is 0 Å². The van der Waals surface area contributed by atoms with Crippen LogP contribution in [0.5, 0.6) is 0 Å². The fraction of sp³-hybridized carbons (Fsp3) is 0.933. The highest BCUT2D eigenvalue weighted by molar-refractivity contribution is 5.75. The van der Waals surface area contributed by atoms with Crippen LogP contribution in [0.3, 0.4) is 0 Å². The molecule has 5 nitrogen and oxygen atoms in total. The third-order valence-electron chi connectivity index (χ3n) is 4.02. The minimum Gasteiger partial charge on any atom is -0.468 e.